The van der Waals surface area contributed by atoms with Gasteiger partial charge in [0, 0.05) is 11.9 Å². The first-order valence-corrected chi connectivity index (χ1v) is 6.36. The van der Waals surface area contributed by atoms with E-state index in [1.165, 1.54) is 11.2 Å². The topological polar surface area (TPSA) is 49.0 Å². The van der Waals surface area contributed by atoms with Gasteiger partial charge < -0.3 is 9.88 Å². The molecule has 0 saturated carbocycles. The molecule has 0 radical (unpaired) electrons. The van der Waals surface area contributed by atoms with E-state index in [-0.39, 0.29) is 16.6 Å². The number of H-pyrrole nitrogens is 1. The van der Waals surface area contributed by atoms with Gasteiger partial charge in [0.05, 0.1) is 12.4 Å². The number of rotatable bonds is 3. The van der Waals surface area contributed by atoms with Crippen molar-refractivity contribution in [1.82, 2.24) is 9.97 Å². The molecule has 0 aromatic carbocycles. The van der Waals surface area contributed by atoms with E-state index in [0.29, 0.717) is 5.82 Å². The highest BCUT2D eigenvalue weighted by atomic mass is 35.5. The lowest BCUT2D eigenvalue weighted by Gasteiger charge is -2.25. The van der Waals surface area contributed by atoms with Crippen LogP contribution in [0.1, 0.15) is 17.8 Å². The van der Waals surface area contributed by atoms with E-state index in [0.717, 1.165) is 0 Å². The lowest BCUT2D eigenvalue weighted by Crippen LogP contribution is -2.24. The molecular formula is C11H12ClN3OS. The van der Waals surface area contributed by atoms with Crippen molar-refractivity contribution < 1.29 is 0 Å². The van der Waals surface area contributed by atoms with Crippen molar-refractivity contribution in [3.8, 4) is 0 Å². The van der Waals surface area contributed by atoms with E-state index in [1.54, 1.807) is 11.3 Å². The smallest absolute Gasteiger partial charge is 0.271 e. The molecule has 2 aromatic rings. The fraction of sp³-hybridized carbons (Fsp3) is 0.273. The van der Waals surface area contributed by atoms with Crippen molar-refractivity contribution in [3.63, 3.8) is 0 Å². The van der Waals surface area contributed by atoms with Gasteiger partial charge in [0.15, 0.2) is 5.82 Å². The summed E-state index contributed by atoms with van der Waals surface area (Å²) < 4.78 is 0. The zero-order valence-electron chi connectivity index (χ0n) is 9.48. The third-order valence-corrected chi connectivity index (χ3v) is 4.03. The van der Waals surface area contributed by atoms with Crippen molar-refractivity contribution in [3.05, 3.63) is 44.1 Å². The second-order valence-corrected chi connectivity index (χ2v) is 5.03. The van der Waals surface area contributed by atoms with Crippen LogP contribution in [0.15, 0.2) is 28.6 Å². The van der Waals surface area contributed by atoms with E-state index < -0.39 is 0 Å². The Morgan fingerprint density at radius 1 is 1.59 bits per heavy atom. The van der Waals surface area contributed by atoms with Gasteiger partial charge in [0.2, 0.25) is 0 Å². The second-order valence-electron chi connectivity index (χ2n) is 3.67. The Morgan fingerprint density at radius 2 is 2.35 bits per heavy atom. The van der Waals surface area contributed by atoms with Gasteiger partial charge in [-0.2, -0.15) is 0 Å². The van der Waals surface area contributed by atoms with Gasteiger partial charge >= 0.3 is 0 Å². The highest BCUT2D eigenvalue weighted by Gasteiger charge is 2.18. The first-order chi connectivity index (χ1) is 8.11. The molecule has 2 aromatic heterocycles. The third-order valence-electron chi connectivity index (χ3n) is 2.65. The summed E-state index contributed by atoms with van der Waals surface area (Å²) in [5, 5.41) is 2.14. The van der Waals surface area contributed by atoms with E-state index in [4.69, 9.17) is 11.6 Å². The predicted octanol–water partition coefficient (Wildman–Crippen LogP) is 2.68. The molecule has 0 aliphatic carbocycles. The minimum absolute atomic E-state index is 0.124. The van der Waals surface area contributed by atoms with Crippen LogP contribution in [0.5, 0.6) is 0 Å². The number of aromatic amines is 1. The van der Waals surface area contributed by atoms with E-state index in [2.05, 4.69) is 9.97 Å². The Hall–Kier alpha value is -1.33. The van der Waals surface area contributed by atoms with Crippen LogP contribution in [-0.4, -0.2) is 17.0 Å². The Morgan fingerprint density at radius 3 is 3.00 bits per heavy atom. The number of aromatic nitrogens is 2. The van der Waals surface area contributed by atoms with Crippen LogP contribution in [0.2, 0.25) is 5.02 Å². The number of halogens is 1. The molecule has 0 fully saturated rings. The molecule has 1 atom stereocenters. The van der Waals surface area contributed by atoms with Gasteiger partial charge in [-0.3, -0.25) is 4.79 Å². The highest BCUT2D eigenvalue weighted by molar-refractivity contribution is 7.10. The molecule has 17 heavy (non-hydrogen) atoms. The van der Waals surface area contributed by atoms with Crippen LogP contribution in [0.3, 0.4) is 0 Å². The largest absolute Gasteiger partial charge is 0.351 e. The zero-order chi connectivity index (χ0) is 12.4. The number of anilines is 1. The van der Waals surface area contributed by atoms with E-state index in [1.807, 2.05) is 36.4 Å². The quantitative estimate of drug-likeness (QED) is 0.932. The number of hydrogen-bond donors (Lipinski definition) is 1. The molecule has 2 rings (SSSR count). The van der Waals surface area contributed by atoms with Gasteiger partial charge in [-0.25, -0.2) is 4.98 Å². The maximum atomic E-state index is 11.4. The van der Waals surface area contributed by atoms with Gasteiger partial charge in [0.1, 0.15) is 5.02 Å². The van der Waals surface area contributed by atoms with Crippen LogP contribution in [0.4, 0.5) is 5.82 Å². The van der Waals surface area contributed by atoms with Crippen molar-refractivity contribution in [2.75, 3.05) is 11.9 Å². The molecule has 0 saturated heterocycles. The third kappa shape index (κ3) is 2.35. The summed E-state index contributed by atoms with van der Waals surface area (Å²) in [5.41, 5.74) is -0.318. The van der Waals surface area contributed by atoms with Crippen molar-refractivity contribution >= 4 is 28.8 Å². The Labute approximate surface area is 108 Å². The zero-order valence-corrected chi connectivity index (χ0v) is 11.0. The standard InChI is InChI=1S/C11H12ClN3OS/c1-7(8-4-3-5-17-8)15(2)10-9(12)11(16)14-6-13-10/h3-7H,1-2H3,(H,13,14,16). The molecular weight excluding hydrogens is 258 g/mol. The summed E-state index contributed by atoms with van der Waals surface area (Å²) in [4.78, 5) is 21.1. The van der Waals surface area contributed by atoms with Crippen LogP contribution in [0.25, 0.3) is 0 Å². The van der Waals surface area contributed by atoms with E-state index >= 15 is 0 Å². The molecule has 2 heterocycles. The molecule has 1 unspecified atom stereocenters. The van der Waals surface area contributed by atoms with E-state index in [9.17, 15) is 4.79 Å². The van der Waals surface area contributed by atoms with Crippen LogP contribution < -0.4 is 10.5 Å². The minimum atomic E-state index is -0.318. The normalized spacial score (nSPS) is 12.4. The maximum absolute atomic E-state index is 11.4. The lowest BCUT2D eigenvalue weighted by molar-refractivity contribution is 0.739. The van der Waals surface area contributed by atoms with Crippen LogP contribution in [-0.2, 0) is 0 Å². The van der Waals surface area contributed by atoms with Crippen LogP contribution >= 0.6 is 22.9 Å². The maximum Gasteiger partial charge on any atom is 0.271 e. The van der Waals surface area contributed by atoms with Crippen LogP contribution in [0, 0.1) is 0 Å². The number of thiophene rings is 1. The predicted molar refractivity (Wildman–Crippen MR) is 71.0 cm³/mol. The van der Waals surface area contributed by atoms with Gasteiger partial charge in [-0.15, -0.1) is 11.3 Å². The molecule has 0 aliphatic heterocycles. The molecule has 0 amide bonds. The van der Waals surface area contributed by atoms with Gasteiger partial charge in [0.25, 0.3) is 5.56 Å². The highest BCUT2D eigenvalue weighted by Crippen LogP contribution is 2.29. The number of nitrogens with one attached hydrogen (secondary N) is 1. The first-order valence-electron chi connectivity index (χ1n) is 5.10. The fourth-order valence-electron chi connectivity index (χ4n) is 1.52. The number of nitrogens with zero attached hydrogens (tertiary/aromatic N) is 2. The van der Waals surface area contributed by atoms with Crippen molar-refractivity contribution in [1.29, 1.82) is 0 Å². The van der Waals surface area contributed by atoms with Crippen molar-refractivity contribution in [2.24, 2.45) is 0 Å². The molecule has 0 spiro atoms. The van der Waals surface area contributed by atoms with Crippen molar-refractivity contribution in [2.45, 2.75) is 13.0 Å². The molecule has 0 bridgehead atoms. The molecule has 90 valence electrons. The molecule has 0 aliphatic rings. The summed E-state index contributed by atoms with van der Waals surface area (Å²) >= 11 is 7.61. The minimum Gasteiger partial charge on any atom is -0.351 e. The second kappa shape index (κ2) is 4.89. The molecule has 4 nitrogen and oxygen atoms in total. The Bertz CT molecular complexity index is 552. The summed E-state index contributed by atoms with van der Waals surface area (Å²) in [7, 11) is 1.87. The Kier molecular flexibility index (Phi) is 3.49. The lowest BCUT2D eigenvalue weighted by atomic mass is 10.2. The fourth-order valence-corrected chi connectivity index (χ4v) is 2.59. The number of hydrogen-bond acceptors (Lipinski definition) is 4. The monoisotopic (exact) mass is 269 g/mol. The summed E-state index contributed by atoms with van der Waals surface area (Å²) in [6.45, 7) is 2.05. The Balaban J connectivity index is 2.34. The molecule has 6 heteroatoms. The summed E-state index contributed by atoms with van der Waals surface area (Å²) in [5.74, 6) is 0.497. The summed E-state index contributed by atoms with van der Waals surface area (Å²) in [6.07, 6.45) is 1.36. The average molecular weight is 270 g/mol. The average Bonchev–Trinajstić information content (AvgIpc) is 2.84. The first kappa shape index (κ1) is 12.1. The molecule has 1 N–H and O–H groups in total. The SMILES string of the molecule is CC(c1cccs1)N(C)c1nc[nH]c(=O)c1Cl. The summed E-state index contributed by atoms with van der Waals surface area (Å²) in [6, 6.07) is 4.17. The van der Waals surface area contributed by atoms with Gasteiger partial charge in [-0.05, 0) is 18.4 Å². The van der Waals surface area contributed by atoms with Gasteiger partial charge in [-0.1, -0.05) is 17.7 Å².